The number of carbonyl (C=O) groups is 4. The van der Waals surface area contributed by atoms with Crippen LogP contribution in [-0.2, 0) is 33.6 Å². The summed E-state index contributed by atoms with van der Waals surface area (Å²) in [6, 6.07) is 4.29. The second kappa shape index (κ2) is 20.8. The second-order valence-electron chi connectivity index (χ2n) is 18.5. The fourth-order valence-corrected chi connectivity index (χ4v) is 7.95. The van der Waals surface area contributed by atoms with Crippen LogP contribution in [0.15, 0.2) is 24.3 Å². The van der Waals surface area contributed by atoms with Crippen molar-refractivity contribution >= 4 is 45.2 Å². The van der Waals surface area contributed by atoms with Gasteiger partial charge in [-0.05, 0) is 114 Å². The Morgan fingerprint density at radius 2 is 1.24 bits per heavy atom. The van der Waals surface area contributed by atoms with E-state index in [0.717, 1.165) is 0 Å². The molecule has 12 nitrogen and oxygen atoms in total. The molecule has 0 saturated heterocycles. The highest BCUT2D eigenvalue weighted by molar-refractivity contribution is 8.00. The Morgan fingerprint density at radius 3 is 1.73 bits per heavy atom. The Balaban J connectivity index is 3.28. The fourth-order valence-electron chi connectivity index (χ4n) is 5.01. The zero-order valence-corrected chi connectivity index (χ0v) is 37.5. The molecule has 1 rings (SSSR count). The van der Waals surface area contributed by atoms with E-state index in [9.17, 15) is 32.7 Å². The molecule has 14 heteroatoms. The summed E-state index contributed by atoms with van der Waals surface area (Å²) in [6.07, 6.45) is 0.468. The summed E-state index contributed by atoms with van der Waals surface area (Å²) < 4.78 is 43.9. The van der Waals surface area contributed by atoms with Gasteiger partial charge in [-0.3, -0.25) is 19.2 Å². The number of Topliss-reactive ketones (excluding diaryl/α,β-unsaturated/α-hetero) is 1. The van der Waals surface area contributed by atoms with Crippen LogP contribution >= 0.6 is 11.8 Å². The van der Waals surface area contributed by atoms with Crippen LogP contribution in [0.4, 0.5) is 0 Å². The van der Waals surface area contributed by atoms with Crippen molar-refractivity contribution < 1.29 is 46.9 Å². The smallest absolute Gasteiger partial charge is 0.303 e. The number of aliphatic carboxylic acids is 1. The number of carbonyl (C=O) groups excluding carboxylic acids is 3. The van der Waals surface area contributed by atoms with Crippen molar-refractivity contribution in [3.05, 3.63) is 35.4 Å². The highest BCUT2D eigenvalue weighted by atomic mass is 32.2. The lowest BCUT2D eigenvalue weighted by Gasteiger charge is -2.31. The molecular weight excluding hydrogens is 745 g/mol. The van der Waals surface area contributed by atoms with Crippen LogP contribution in [0.5, 0.6) is 0 Å². The van der Waals surface area contributed by atoms with E-state index in [4.69, 9.17) is 14.2 Å². The van der Waals surface area contributed by atoms with Crippen LogP contribution in [-0.4, -0.2) is 107 Å². The normalized spacial score (nSPS) is 14.9. The molecule has 0 aliphatic rings. The van der Waals surface area contributed by atoms with Crippen molar-refractivity contribution in [2.45, 2.75) is 161 Å². The summed E-state index contributed by atoms with van der Waals surface area (Å²) in [7, 11) is -3.80. The molecule has 3 N–H and O–H groups in total. The van der Waals surface area contributed by atoms with Crippen LogP contribution in [0.3, 0.4) is 0 Å². The van der Waals surface area contributed by atoms with Gasteiger partial charge >= 0.3 is 5.97 Å². The minimum atomic E-state index is -3.80. The predicted octanol–water partition coefficient (Wildman–Crippen LogP) is 6.88. The van der Waals surface area contributed by atoms with Gasteiger partial charge in [0.25, 0.3) is 5.91 Å². The topological polar surface area (TPSA) is 174 Å². The molecular formula is C41H70N2O10S2. The van der Waals surface area contributed by atoms with Crippen molar-refractivity contribution in [1.29, 1.82) is 0 Å². The monoisotopic (exact) mass is 814 g/mol. The molecule has 1 aromatic rings. The lowest BCUT2D eigenvalue weighted by Crippen LogP contribution is -2.50. The second-order valence-corrected chi connectivity index (χ2v) is 22.9. The number of thioether (sulfide) groups is 1. The first-order chi connectivity index (χ1) is 24.8. The molecule has 3 atom stereocenters. The van der Waals surface area contributed by atoms with E-state index in [0.29, 0.717) is 13.0 Å². The van der Waals surface area contributed by atoms with E-state index in [1.165, 1.54) is 36.0 Å². The first kappa shape index (κ1) is 50.5. The number of amides is 2. The van der Waals surface area contributed by atoms with Gasteiger partial charge in [0.05, 0.1) is 33.9 Å². The third-order valence-corrected chi connectivity index (χ3v) is 12.9. The largest absolute Gasteiger partial charge is 0.481 e. The molecule has 0 fully saturated rings. The Bertz CT molecular complexity index is 1520. The first-order valence-electron chi connectivity index (χ1n) is 19.1. The van der Waals surface area contributed by atoms with Crippen molar-refractivity contribution in [2.24, 2.45) is 5.92 Å². The zero-order chi connectivity index (χ0) is 42.6. The van der Waals surface area contributed by atoms with Crippen molar-refractivity contribution in [2.75, 3.05) is 31.3 Å². The van der Waals surface area contributed by atoms with Crippen LogP contribution < -0.4 is 10.6 Å². The molecule has 0 saturated carbocycles. The van der Waals surface area contributed by atoms with E-state index in [-0.39, 0.29) is 71.2 Å². The highest BCUT2D eigenvalue weighted by Crippen LogP contribution is 2.33. The molecule has 2 amide bonds. The number of ether oxygens (including phenoxy) is 3. The fraction of sp³-hybridized carbons (Fsp3) is 0.756. The quantitative estimate of drug-likeness (QED) is 0.0983. The van der Waals surface area contributed by atoms with Gasteiger partial charge in [0.15, 0.2) is 15.6 Å². The summed E-state index contributed by atoms with van der Waals surface area (Å²) in [5, 5.41) is 14.7. The number of carboxylic acids is 1. The molecule has 0 aliphatic carbocycles. The van der Waals surface area contributed by atoms with E-state index in [1.54, 1.807) is 20.8 Å². The van der Waals surface area contributed by atoms with Crippen LogP contribution in [0.25, 0.3) is 0 Å². The molecule has 316 valence electrons. The standard InChI is InChI=1S/C41H70N2O10S2/c1-28(25-53-39(8,9)10)42-36(48)32(19-20-33(44)45)43-35(47)30-17-15-29(16-18-30)34(46)31(26-54-40(11,12)21-23-51-37(2,3)4)27-55(49,50)41(13,14)22-24-52-38(5,6)7/h15-18,28,31-32H,19-27H2,1-14H3,(H,42,48)(H,43,47)(H,44,45)/t28?,31?,32-/m0/s1. The van der Waals surface area contributed by atoms with Gasteiger partial charge in [0.1, 0.15) is 6.04 Å². The Labute approximate surface area is 335 Å². The number of sulfone groups is 1. The lowest BCUT2D eigenvalue weighted by molar-refractivity contribution is -0.137. The highest BCUT2D eigenvalue weighted by Gasteiger charge is 2.39. The number of carboxylic acid groups (broad SMARTS) is 1. The molecule has 2 unspecified atom stereocenters. The van der Waals surface area contributed by atoms with Gasteiger partial charge in [0.2, 0.25) is 5.91 Å². The molecule has 55 heavy (non-hydrogen) atoms. The number of ketones is 1. The average Bonchev–Trinajstić information content (AvgIpc) is 3.01. The zero-order valence-electron chi connectivity index (χ0n) is 35.8. The van der Waals surface area contributed by atoms with Crippen LogP contribution in [0.2, 0.25) is 0 Å². The predicted molar refractivity (Wildman–Crippen MR) is 221 cm³/mol. The maximum atomic E-state index is 14.1. The number of hydrogen-bond donors (Lipinski definition) is 3. The minimum absolute atomic E-state index is 0.137. The molecule has 0 spiro atoms. The van der Waals surface area contributed by atoms with Gasteiger partial charge < -0.3 is 30.0 Å². The van der Waals surface area contributed by atoms with Gasteiger partial charge in [0, 0.05) is 53.2 Å². The average molecular weight is 815 g/mol. The lowest BCUT2D eigenvalue weighted by atomic mass is 9.99. The molecule has 0 aromatic heterocycles. The summed E-state index contributed by atoms with van der Waals surface area (Å²) in [6.45, 7) is 27.5. The van der Waals surface area contributed by atoms with Crippen molar-refractivity contribution in [1.82, 2.24) is 10.6 Å². The molecule has 1 aromatic carbocycles. The van der Waals surface area contributed by atoms with Gasteiger partial charge in [-0.2, -0.15) is 11.8 Å². The molecule has 0 bridgehead atoms. The molecule has 0 heterocycles. The number of benzene rings is 1. The summed E-state index contributed by atoms with van der Waals surface area (Å²) in [4.78, 5) is 51.9. The minimum Gasteiger partial charge on any atom is -0.481 e. The van der Waals surface area contributed by atoms with E-state index < -0.39 is 61.6 Å². The van der Waals surface area contributed by atoms with Crippen LogP contribution in [0, 0.1) is 5.92 Å². The number of hydrogen-bond acceptors (Lipinski definition) is 10. The Kier molecular flexibility index (Phi) is 19.1. The SMILES string of the molecule is CC(COC(C)(C)C)NC(=O)[C@H](CCC(=O)O)NC(=O)c1ccc(C(=O)C(CSC(C)(C)CCOC(C)(C)C)CS(=O)(=O)C(C)(C)CCOC(C)(C)C)cc1. The number of rotatable bonds is 23. The van der Waals surface area contributed by atoms with Gasteiger partial charge in [-0.15, -0.1) is 0 Å². The van der Waals surface area contributed by atoms with E-state index in [1.807, 2.05) is 76.2 Å². The van der Waals surface area contributed by atoms with Crippen molar-refractivity contribution in [3.8, 4) is 0 Å². The van der Waals surface area contributed by atoms with Crippen LogP contribution in [0.1, 0.15) is 143 Å². The maximum Gasteiger partial charge on any atom is 0.303 e. The number of nitrogens with one attached hydrogen (secondary N) is 2. The maximum absolute atomic E-state index is 14.1. The molecule has 0 aliphatic heterocycles. The Hall–Kier alpha value is -2.52. The molecule has 0 radical (unpaired) electrons. The summed E-state index contributed by atoms with van der Waals surface area (Å²) in [5.41, 5.74) is -0.761. The first-order valence-corrected chi connectivity index (χ1v) is 21.7. The van der Waals surface area contributed by atoms with E-state index >= 15 is 0 Å². The third-order valence-electron chi connectivity index (χ3n) is 8.64. The Morgan fingerprint density at radius 1 is 0.745 bits per heavy atom. The van der Waals surface area contributed by atoms with Gasteiger partial charge in [-0.25, -0.2) is 8.42 Å². The van der Waals surface area contributed by atoms with Crippen molar-refractivity contribution in [3.63, 3.8) is 0 Å². The van der Waals surface area contributed by atoms with E-state index in [2.05, 4.69) is 10.6 Å². The third kappa shape index (κ3) is 20.5. The summed E-state index contributed by atoms with van der Waals surface area (Å²) >= 11 is 1.52. The summed E-state index contributed by atoms with van der Waals surface area (Å²) in [5.74, 6) is -3.65. The van der Waals surface area contributed by atoms with Gasteiger partial charge in [-0.1, -0.05) is 26.0 Å².